The lowest BCUT2D eigenvalue weighted by Gasteiger charge is -2.21. The van der Waals surface area contributed by atoms with Crippen LogP contribution < -0.4 is 9.64 Å². The van der Waals surface area contributed by atoms with Gasteiger partial charge in [0.15, 0.2) is 0 Å². The molecule has 0 saturated heterocycles. The minimum absolute atomic E-state index is 0.0793. The van der Waals surface area contributed by atoms with Crippen LogP contribution in [0.15, 0.2) is 48.5 Å². The number of benzene rings is 2. The SMILES string of the molecule is CC(C)Oc1ccc(N(C)C(=O)[C@@H](C#N)Cc2ccc(C#N)cc2)cc1. The number of hydrogen-bond donors (Lipinski definition) is 0. The highest BCUT2D eigenvalue weighted by molar-refractivity contribution is 5.96. The normalized spacial score (nSPS) is 11.3. The third-order valence-electron chi connectivity index (χ3n) is 3.90. The summed E-state index contributed by atoms with van der Waals surface area (Å²) in [4.78, 5) is 14.2. The fourth-order valence-corrected chi connectivity index (χ4v) is 2.52. The van der Waals surface area contributed by atoms with Gasteiger partial charge in [0, 0.05) is 12.7 Å². The first kappa shape index (κ1) is 19.0. The molecule has 0 radical (unpaired) electrons. The van der Waals surface area contributed by atoms with Gasteiger partial charge in [-0.1, -0.05) is 12.1 Å². The van der Waals surface area contributed by atoms with E-state index in [2.05, 4.69) is 6.07 Å². The lowest BCUT2D eigenvalue weighted by Crippen LogP contribution is -2.33. The second-order valence-corrected chi connectivity index (χ2v) is 6.25. The zero-order valence-corrected chi connectivity index (χ0v) is 15.1. The number of nitriles is 2. The first-order valence-electron chi connectivity index (χ1n) is 8.37. The molecule has 5 nitrogen and oxygen atoms in total. The van der Waals surface area contributed by atoms with Crippen LogP contribution in [0.5, 0.6) is 5.75 Å². The molecule has 26 heavy (non-hydrogen) atoms. The van der Waals surface area contributed by atoms with Crippen molar-refractivity contribution in [3.63, 3.8) is 0 Å². The minimum atomic E-state index is -0.792. The highest BCUT2D eigenvalue weighted by atomic mass is 16.5. The third kappa shape index (κ3) is 4.84. The molecule has 0 unspecified atom stereocenters. The second kappa shape index (κ2) is 8.69. The van der Waals surface area contributed by atoms with Crippen LogP contribution in [0.25, 0.3) is 0 Å². The highest BCUT2D eigenvalue weighted by Crippen LogP contribution is 2.22. The van der Waals surface area contributed by atoms with Crippen LogP contribution in [0.4, 0.5) is 5.69 Å². The van der Waals surface area contributed by atoms with Gasteiger partial charge in [0.2, 0.25) is 5.91 Å². The second-order valence-electron chi connectivity index (χ2n) is 6.25. The summed E-state index contributed by atoms with van der Waals surface area (Å²) in [6.45, 7) is 3.90. The largest absolute Gasteiger partial charge is 0.491 e. The molecule has 0 fully saturated rings. The molecule has 0 N–H and O–H groups in total. The first-order valence-corrected chi connectivity index (χ1v) is 8.37. The topological polar surface area (TPSA) is 77.1 Å². The summed E-state index contributed by atoms with van der Waals surface area (Å²) in [5, 5.41) is 18.3. The molecule has 5 heteroatoms. The molecule has 0 aliphatic carbocycles. The number of carbonyl (C=O) groups is 1. The van der Waals surface area contributed by atoms with Crippen molar-refractivity contribution in [2.24, 2.45) is 5.92 Å². The van der Waals surface area contributed by atoms with E-state index >= 15 is 0 Å². The molecule has 0 spiro atoms. The zero-order valence-electron chi connectivity index (χ0n) is 15.1. The standard InChI is InChI=1S/C21H21N3O2/c1-15(2)26-20-10-8-19(9-11-20)24(3)21(25)18(14-23)12-16-4-6-17(13-22)7-5-16/h4-11,15,18H,12H2,1-3H3/t18-/m1/s1. The van der Waals surface area contributed by atoms with Crippen molar-refractivity contribution in [3.05, 3.63) is 59.7 Å². The van der Waals surface area contributed by atoms with Gasteiger partial charge < -0.3 is 9.64 Å². The Bertz CT molecular complexity index is 828. The van der Waals surface area contributed by atoms with Gasteiger partial charge in [-0.2, -0.15) is 10.5 Å². The lowest BCUT2D eigenvalue weighted by atomic mass is 9.98. The molecule has 0 aliphatic rings. The number of anilines is 1. The van der Waals surface area contributed by atoms with Gasteiger partial charge in [-0.3, -0.25) is 4.79 Å². The van der Waals surface area contributed by atoms with Crippen LogP contribution >= 0.6 is 0 Å². The maximum absolute atomic E-state index is 12.7. The van der Waals surface area contributed by atoms with Crippen LogP contribution in [-0.4, -0.2) is 19.1 Å². The quantitative estimate of drug-likeness (QED) is 0.798. The molecular weight excluding hydrogens is 326 g/mol. The Labute approximate surface area is 154 Å². The number of rotatable bonds is 6. The molecule has 1 amide bonds. The van der Waals surface area contributed by atoms with E-state index in [4.69, 9.17) is 10.00 Å². The van der Waals surface area contributed by atoms with E-state index < -0.39 is 5.92 Å². The molecule has 2 rings (SSSR count). The van der Waals surface area contributed by atoms with Crippen LogP contribution in [0.3, 0.4) is 0 Å². The molecule has 2 aromatic rings. The Morgan fingerprint density at radius 1 is 1.08 bits per heavy atom. The Hall–Kier alpha value is -3.31. The molecule has 132 valence electrons. The molecule has 0 bridgehead atoms. The Morgan fingerprint density at radius 2 is 1.69 bits per heavy atom. The molecule has 0 aliphatic heterocycles. The Morgan fingerprint density at radius 3 is 2.19 bits per heavy atom. The van der Waals surface area contributed by atoms with E-state index in [1.54, 1.807) is 55.6 Å². The smallest absolute Gasteiger partial charge is 0.244 e. The number of amides is 1. The Balaban J connectivity index is 2.08. The van der Waals surface area contributed by atoms with Gasteiger partial charge in [-0.15, -0.1) is 0 Å². The van der Waals surface area contributed by atoms with Gasteiger partial charge in [0.1, 0.15) is 11.7 Å². The summed E-state index contributed by atoms with van der Waals surface area (Å²) in [6.07, 6.45) is 0.385. The van der Waals surface area contributed by atoms with Gasteiger partial charge in [-0.05, 0) is 62.2 Å². The fraction of sp³-hybridized carbons (Fsp3) is 0.286. The lowest BCUT2D eigenvalue weighted by molar-refractivity contribution is -0.120. The number of ether oxygens (including phenoxy) is 1. The number of carbonyl (C=O) groups excluding carboxylic acids is 1. The summed E-state index contributed by atoms with van der Waals surface area (Å²) < 4.78 is 5.60. The first-order chi connectivity index (χ1) is 12.4. The molecule has 1 atom stereocenters. The van der Waals surface area contributed by atoms with Crippen LogP contribution in [0.1, 0.15) is 25.0 Å². The van der Waals surface area contributed by atoms with Crippen LogP contribution in [-0.2, 0) is 11.2 Å². The van der Waals surface area contributed by atoms with Crippen molar-refractivity contribution in [2.75, 3.05) is 11.9 Å². The van der Waals surface area contributed by atoms with E-state index in [0.717, 1.165) is 11.3 Å². The van der Waals surface area contributed by atoms with Gasteiger partial charge in [0.05, 0.1) is 23.8 Å². The van der Waals surface area contributed by atoms with Gasteiger partial charge in [0.25, 0.3) is 0 Å². The van der Waals surface area contributed by atoms with E-state index in [0.29, 0.717) is 17.7 Å². The van der Waals surface area contributed by atoms with Crippen LogP contribution in [0, 0.1) is 28.6 Å². The van der Waals surface area contributed by atoms with E-state index in [-0.39, 0.29) is 12.0 Å². The number of nitrogens with zero attached hydrogens (tertiary/aromatic N) is 3. The average Bonchev–Trinajstić information content (AvgIpc) is 2.65. The predicted octanol–water partition coefficient (Wildman–Crippen LogP) is 3.69. The van der Waals surface area contributed by atoms with Crippen LogP contribution in [0.2, 0.25) is 0 Å². The summed E-state index contributed by atoms with van der Waals surface area (Å²) in [5.41, 5.74) is 2.10. The van der Waals surface area contributed by atoms with E-state index in [9.17, 15) is 10.1 Å². The van der Waals surface area contributed by atoms with Crippen molar-refractivity contribution in [1.29, 1.82) is 10.5 Å². The summed E-state index contributed by atoms with van der Waals surface area (Å²) in [6, 6.07) is 18.3. The molecule has 0 heterocycles. The van der Waals surface area contributed by atoms with E-state index in [1.165, 1.54) is 4.90 Å². The molecule has 0 saturated carbocycles. The number of hydrogen-bond acceptors (Lipinski definition) is 4. The highest BCUT2D eigenvalue weighted by Gasteiger charge is 2.23. The average molecular weight is 347 g/mol. The fourth-order valence-electron chi connectivity index (χ4n) is 2.52. The maximum Gasteiger partial charge on any atom is 0.244 e. The zero-order chi connectivity index (χ0) is 19.1. The van der Waals surface area contributed by atoms with Crippen molar-refractivity contribution in [2.45, 2.75) is 26.4 Å². The van der Waals surface area contributed by atoms with Crippen molar-refractivity contribution < 1.29 is 9.53 Å². The van der Waals surface area contributed by atoms with Crippen molar-refractivity contribution in [3.8, 4) is 17.9 Å². The predicted molar refractivity (Wildman–Crippen MR) is 99.6 cm³/mol. The summed E-state index contributed by atoms with van der Waals surface area (Å²) in [7, 11) is 1.66. The maximum atomic E-state index is 12.7. The minimum Gasteiger partial charge on any atom is -0.491 e. The third-order valence-corrected chi connectivity index (χ3v) is 3.90. The monoisotopic (exact) mass is 347 g/mol. The molecule has 2 aromatic carbocycles. The Kier molecular flexibility index (Phi) is 6.36. The summed E-state index contributed by atoms with van der Waals surface area (Å²) in [5.74, 6) is -0.326. The van der Waals surface area contributed by atoms with Crippen molar-refractivity contribution >= 4 is 11.6 Å². The van der Waals surface area contributed by atoms with E-state index in [1.807, 2.05) is 19.9 Å². The molecular formula is C21H21N3O2. The summed E-state index contributed by atoms with van der Waals surface area (Å²) >= 11 is 0. The molecule has 0 aromatic heterocycles. The van der Waals surface area contributed by atoms with Gasteiger partial charge >= 0.3 is 0 Å². The van der Waals surface area contributed by atoms with Crippen molar-refractivity contribution in [1.82, 2.24) is 0 Å². The van der Waals surface area contributed by atoms with Gasteiger partial charge in [-0.25, -0.2) is 0 Å².